The maximum absolute atomic E-state index is 11.1. The Morgan fingerprint density at radius 1 is 0.667 bits per heavy atom. The molecule has 0 amide bonds. The van der Waals surface area contributed by atoms with Gasteiger partial charge in [-0.05, 0) is 58.0 Å². The maximum Gasteiger partial charge on any atom is 0.148 e. The van der Waals surface area contributed by atoms with E-state index in [4.69, 9.17) is 9.97 Å². The van der Waals surface area contributed by atoms with Gasteiger partial charge in [-0.15, -0.1) is 29.8 Å². The van der Waals surface area contributed by atoms with E-state index < -0.39 is 0 Å². The van der Waals surface area contributed by atoms with Crippen molar-refractivity contribution in [2.75, 3.05) is 0 Å². The molecule has 0 bridgehead atoms. The molecule has 45 heavy (non-hydrogen) atoms. The van der Waals surface area contributed by atoms with Gasteiger partial charge in [-0.2, -0.15) is 0 Å². The molecule has 226 valence electrons. The van der Waals surface area contributed by atoms with Crippen molar-refractivity contribution in [1.29, 1.82) is 0 Å². The molecule has 0 aliphatic carbocycles. The van der Waals surface area contributed by atoms with Crippen LogP contribution in [0.3, 0.4) is 0 Å². The molecule has 5 aromatic carbocycles. The normalized spacial score (nSPS) is 11.4. The van der Waals surface area contributed by atoms with E-state index in [1.165, 1.54) is 11.1 Å². The number of aromatic nitrogens is 3. The molecule has 0 aliphatic heterocycles. The van der Waals surface area contributed by atoms with Crippen LogP contribution in [0.4, 0.5) is 0 Å². The zero-order valence-electron chi connectivity index (χ0n) is 25.7. The Morgan fingerprint density at radius 3 is 2.07 bits per heavy atom. The molecular formula is C40H34N3OPt-. The van der Waals surface area contributed by atoms with E-state index in [0.29, 0.717) is 23.2 Å². The van der Waals surface area contributed by atoms with Crippen LogP contribution in [0.15, 0.2) is 115 Å². The molecule has 0 atom stereocenters. The molecule has 0 saturated carbocycles. The number of rotatable bonds is 6. The monoisotopic (exact) mass is 767 g/mol. The summed E-state index contributed by atoms with van der Waals surface area (Å²) in [6, 6.07) is 40.6. The van der Waals surface area contributed by atoms with Gasteiger partial charge in [0.15, 0.2) is 0 Å². The van der Waals surface area contributed by atoms with E-state index >= 15 is 0 Å². The van der Waals surface area contributed by atoms with E-state index in [0.717, 1.165) is 49.9 Å². The summed E-state index contributed by atoms with van der Waals surface area (Å²) in [6.07, 6.45) is 1.86. The summed E-state index contributed by atoms with van der Waals surface area (Å²) in [5, 5.41) is 13.3. The molecule has 2 heterocycles. The van der Waals surface area contributed by atoms with Crippen molar-refractivity contribution in [2.24, 2.45) is 0 Å². The van der Waals surface area contributed by atoms with Gasteiger partial charge < -0.3 is 5.11 Å². The van der Waals surface area contributed by atoms with E-state index in [1.54, 1.807) is 6.07 Å². The van der Waals surface area contributed by atoms with Gasteiger partial charge in [-0.3, -0.25) is 9.55 Å². The first-order chi connectivity index (χ1) is 21.4. The van der Waals surface area contributed by atoms with Crippen LogP contribution in [0.1, 0.15) is 50.7 Å². The van der Waals surface area contributed by atoms with Crippen molar-refractivity contribution in [3.05, 3.63) is 133 Å². The number of hydrogen-bond donors (Lipinski definition) is 1. The number of hydrogen-bond acceptors (Lipinski definition) is 3. The first-order valence-corrected chi connectivity index (χ1v) is 15.2. The number of aromatic hydroxyl groups is 1. The predicted octanol–water partition coefficient (Wildman–Crippen LogP) is 10.3. The molecule has 7 rings (SSSR count). The maximum atomic E-state index is 11.1. The van der Waals surface area contributed by atoms with E-state index in [9.17, 15) is 5.11 Å². The van der Waals surface area contributed by atoms with Crippen LogP contribution in [0.5, 0.6) is 5.75 Å². The molecule has 0 radical (unpaired) electrons. The smallest absolute Gasteiger partial charge is 0.148 e. The number of fused-ring (bicyclic) bond motifs is 2. The number of para-hydroxylation sites is 3. The SMILES string of the molecule is CC(C)c1cccc(C(C)C)c1-n1c(-c2ccccc2O)nc2c(-c3[c-]c(-c4nccc5ccccc45)ccc3)cccc21.[Pt]. The number of pyridine rings is 1. The first kappa shape index (κ1) is 30.5. The standard InChI is InChI=1S/C40H34N3O.Pt/c1-25(2)30-17-10-18-31(26(3)4)39(30)43-35-20-11-19-33(38(35)42-40(43)34-16-7-8-21-36(34)44)28-13-9-14-29(24-28)37-32-15-6-5-12-27(32)22-23-41-37;/h5-23,25-26,44H,1-4H3;/q-1;. The minimum Gasteiger partial charge on any atom is -0.507 e. The second-order valence-corrected chi connectivity index (χ2v) is 11.9. The molecule has 1 N–H and O–H groups in total. The fourth-order valence-electron chi connectivity index (χ4n) is 6.25. The average Bonchev–Trinajstić information content (AvgIpc) is 3.43. The number of phenols is 1. The van der Waals surface area contributed by atoms with Gasteiger partial charge >= 0.3 is 0 Å². The second-order valence-electron chi connectivity index (χ2n) is 11.9. The number of imidazole rings is 1. The second kappa shape index (κ2) is 12.5. The average molecular weight is 768 g/mol. The van der Waals surface area contributed by atoms with Gasteiger partial charge in [-0.25, -0.2) is 4.98 Å². The summed E-state index contributed by atoms with van der Waals surface area (Å²) in [6.45, 7) is 8.92. The van der Waals surface area contributed by atoms with E-state index in [-0.39, 0.29) is 26.8 Å². The van der Waals surface area contributed by atoms with Gasteiger partial charge in [0.25, 0.3) is 0 Å². The summed E-state index contributed by atoms with van der Waals surface area (Å²) >= 11 is 0. The Labute approximate surface area is 278 Å². The zero-order valence-corrected chi connectivity index (χ0v) is 28.0. The molecule has 0 fully saturated rings. The number of phenolic OH excluding ortho intramolecular Hbond substituents is 1. The van der Waals surface area contributed by atoms with Crippen molar-refractivity contribution in [2.45, 2.75) is 39.5 Å². The van der Waals surface area contributed by atoms with Crippen molar-refractivity contribution in [1.82, 2.24) is 14.5 Å². The molecule has 0 aliphatic rings. The van der Waals surface area contributed by atoms with Gasteiger partial charge in [0.1, 0.15) is 11.6 Å². The third kappa shape index (κ3) is 5.38. The number of benzene rings is 5. The Kier molecular flexibility index (Phi) is 8.44. The zero-order chi connectivity index (χ0) is 30.4. The summed E-state index contributed by atoms with van der Waals surface area (Å²) < 4.78 is 2.26. The Balaban J connectivity index is 0.00000357. The van der Waals surface area contributed by atoms with Crippen LogP contribution in [0.2, 0.25) is 0 Å². The van der Waals surface area contributed by atoms with Gasteiger partial charge in [0.05, 0.1) is 22.3 Å². The Bertz CT molecular complexity index is 2130. The Morgan fingerprint density at radius 2 is 1.31 bits per heavy atom. The fourth-order valence-corrected chi connectivity index (χ4v) is 6.25. The summed E-state index contributed by atoms with van der Waals surface area (Å²) in [5.74, 6) is 1.50. The van der Waals surface area contributed by atoms with Crippen molar-refractivity contribution in [3.8, 4) is 45.2 Å². The minimum atomic E-state index is 0. The van der Waals surface area contributed by atoms with Crippen LogP contribution >= 0.6 is 0 Å². The van der Waals surface area contributed by atoms with Gasteiger partial charge in [0.2, 0.25) is 0 Å². The molecular weight excluding hydrogens is 734 g/mol. The quantitative estimate of drug-likeness (QED) is 0.172. The van der Waals surface area contributed by atoms with Crippen LogP contribution in [-0.4, -0.2) is 19.6 Å². The van der Waals surface area contributed by atoms with Crippen LogP contribution in [-0.2, 0) is 21.1 Å². The van der Waals surface area contributed by atoms with E-state index in [1.807, 2.05) is 42.6 Å². The van der Waals surface area contributed by atoms with Gasteiger partial charge in [-0.1, -0.05) is 106 Å². The minimum absolute atomic E-state index is 0. The third-order valence-corrected chi connectivity index (χ3v) is 8.41. The summed E-state index contributed by atoms with van der Waals surface area (Å²) in [4.78, 5) is 10.1. The predicted molar refractivity (Wildman–Crippen MR) is 181 cm³/mol. The molecule has 5 heteroatoms. The van der Waals surface area contributed by atoms with Crippen molar-refractivity contribution in [3.63, 3.8) is 0 Å². The molecule has 0 spiro atoms. The largest absolute Gasteiger partial charge is 0.507 e. The molecule has 0 unspecified atom stereocenters. The first-order valence-electron chi connectivity index (χ1n) is 15.2. The molecule has 7 aromatic rings. The summed E-state index contributed by atoms with van der Waals surface area (Å²) in [7, 11) is 0. The molecule has 4 nitrogen and oxygen atoms in total. The number of nitrogens with zero attached hydrogens (tertiary/aromatic N) is 3. The van der Waals surface area contributed by atoms with Crippen molar-refractivity contribution < 1.29 is 26.2 Å². The van der Waals surface area contributed by atoms with Gasteiger partial charge in [0, 0.05) is 33.0 Å². The van der Waals surface area contributed by atoms with Crippen molar-refractivity contribution >= 4 is 21.8 Å². The molecule has 2 aromatic heterocycles. The fraction of sp³-hybridized carbons (Fsp3) is 0.150. The topological polar surface area (TPSA) is 50.9 Å². The van der Waals surface area contributed by atoms with Crippen LogP contribution in [0, 0.1) is 6.07 Å². The van der Waals surface area contributed by atoms with E-state index in [2.05, 4.69) is 105 Å². The third-order valence-electron chi connectivity index (χ3n) is 8.41. The summed E-state index contributed by atoms with van der Waals surface area (Å²) in [5.41, 5.74) is 9.92. The van der Waals surface area contributed by atoms with Crippen LogP contribution < -0.4 is 0 Å². The Hall–Kier alpha value is -4.53. The van der Waals surface area contributed by atoms with Crippen LogP contribution in [0.25, 0.3) is 61.3 Å². The molecule has 0 saturated heterocycles.